The molecule has 0 fully saturated rings. The van der Waals surface area contributed by atoms with Crippen molar-refractivity contribution in [1.82, 2.24) is 0 Å². The van der Waals surface area contributed by atoms with E-state index in [1.54, 1.807) is 42.5 Å². The monoisotopic (exact) mass is 262 g/mol. The predicted molar refractivity (Wildman–Crippen MR) is 69.3 cm³/mol. The van der Waals surface area contributed by atoms with E-state index < -0.39 is 0 Å². The fourth-order valence-corrected chi connectivity index (χ4v) is 1.71. The van der Waals surface area contributed by atoms with E-state index in [2.05, 4.69) is 0 Å². The molecule has 3 nitrogen and oxygen atoms in total. The van der Waals surface area contributed by atoms with Crippen molar-refractivity contribution < 1.29 is 14.6 Å². The highest BCUT2D eigenvalue weighted by molar-refractivity contribution is 6.31. The Kier molecular flexibility index (Phi) is 3.85. The third-order valence-electron chi connectivity index (χ3n) is 2.49. The van der Waals surface area contributed by atoms with Crippen LogP contribution >= 0.6 is 11.6 Å². The highest BCUT2D eigenvalue weighted by Gasteiger charge is 2.06. The van der Waals surface area contributed by atoms with Crippen molar-refractivity contribution in [2.45, 2.75) is 6.61 Å². The van der Waals surface area contributed by atoms with Crippen LogP contribution in [0.1, 0.15) is 15.9 Å². The molecular formula is C14H11ClO3. The van der Waals surface area contributed by atoms with Crippen molar-refractivity contribution >= 4 is 17.9 Å². The molecule has 0 aromatic heterocycles. The fraction of sp³-hybridized carbons (Fsp3) is 0.0714. The third-order valence-corrected chi connectivity index (χ3v) is 2.85. The van der Waals surface area contributed by atoms with E-state index in [4.69, 9.17) is 16.3 Å². The number of phenols is 1. The Morgan fingerprint density at radius 1 is 1.17 bits per heavy atom. The largest absolute Gasteiger partial charge is 0.507 e. The van der Waals surface area contributed by atoms with E-state index in [1.165, 1.54) is 0 Å². The minimum absolute atomic E-state index is 0.104. The smallest absolute Gasteiger partial charge is 0.150 e. The maximum absolute atomic E-state index is 10.5. The van der Waals surface area contributed by atoms with Crippen molar-refractivity contribution in [3.05, 3.63) is 58.6 Å². The molecular weight excluding hydrogens is 252 g/mol. The van der Waals surface area contributed by atoms with Gasteiger partial charge in [0, 0.05) is 11.1 Å². The molecule has 2 rings (SSSR count). The molecule has 18 heavy (non-hydrogen) atoms. The van der Waals surface area contributed by atoms with Gasteiger partial charge in [0.1, 0.15) is 24.4 Å². The number of phenolic OH excluding ortho intramolecular Hbond substituents is 1. The zero-order chi connectivity index (χ0) is 13.0. The molecule has 4 heteroatoms. The lowest BCUT2D eigenvalue weighted by atomic mass is 10.2. The van der Waals surface area contributed by atoms with Gasteiger partial charge < -0.3 is 9.84 Å². The number of carbonyl (C=O) groups is 1. The number of benzene rings is 2. The number of hydrogen-bond donors (Lipinski definition) is 1. The first kappa shape index (κ1) is 12.5. The van der Waals surface area contributed by atoms with Crippen molar-refractivity contribution in [2.24, 2.45) is 0 Å². The zero-order valence-electron chi connectivity index (χ0n) is 9.47. The lowest BCUT2D eigenvalue weighted by molar-refractivity contribution is 0.112. The molecule has 0 unspecified atom stereocenters. The molecule has 0 amide bonds. The number of aromatic hydroxyl groups is 1. The molecule has 0 heterocycles. The summed E-state index contributed by atoms with van der Waals surface area (Å²) >= 11 is 5.96. The Bertz CT molecular complexity index is 529. The molecule has 0 aliphatic heterocycles. The van der Waals surface area contributed by atoms with Gasteiger partial charge in [-0.25, -0.2) is 0 Å². The summed E-state index contributed by atoms with van der Waals surface area (Å²) in [6, 6.07) is 11.6. The molecule has 92 valence electrons. The third kappa shape index (κ3) is 2.81. The van der Waals surface area contributed by atoms with Gasteiger partial charge in [-0.05, 0) is 36.4 Å². The standard InChI is InChI=1S/C14H11ClO3/c15-13-2-1-3-14(17)12(13)9-18-11-6-4-10(8-16)5-7-11/h1-8,17H,9H2. The van der Waals surface area contributed by atoms with Crippen LogP contribution in [0.5, 0.6) is 11.5 Å². The van der Waals surface area contributed by atoms with Crippen molar-refractivity contribution in [3.8, 4) is 11.5 Å². The number of halogens is 1. The van der Waals surface area contributed by atoms with E-state index in [0.29, 0.717) is 21.9 Å². The van der Waals surface area contributed by atoms with Gasteiger partial charge in [-0.2, -0.15) is 0 Å². The Hall–Kier alpha value is -2.00. The summed E-state index contributed by atoms with van der Waals surface area (Å²) in [5.74, 6) is 0.715. The summed E-state index contributed by atoms with van der Waals surface area (Å²) in [5.41, 5.74) is 1.13. The lowest BCUT2D eigenvalue weighted by Gasteiger charge is -2.09. The first-order valence-electron chi connectivity index (χ1n) is 5.35. The van der Waals surface area contributed by atoms with Crippen LogP contribution in [0.15, 0.2) is 42.5 Å². The first-order chi connectivity index (χ1) is 8.70. The molecule has 0 aliphatic carbocycles. The Morgan fingerprint density at radius 3 is 2.50 bits per heavy atom. The Morgan fingerprint density at radius 2 is 1.89 bits per heavy atom. The van der Waals surface area contributed by atoms with Crippen LogP contribution in [0.3, 0.4) is 0 Å². The summed E-state index contributed by atoms with van der Waals surface area (Å²) < 4.78 is 5.49. The quantitative estimate of drug-likeness (QED) is 0.859. The number of hydrogen-bond acceptors (Lipinski definition) is 3. The van der Waals surface area contributed by atoms with Crippen LogP contribution in [-0.4, -0.2) is 11.4 Å². The second-order valence-corrected chi connectivity index (χ2v) is 4.12. The van der Waals surface area contributed by atoms with E-state index in [1.807, 2.05) is 0 Å². The number of ether oxygens (including phenoxy) is 1. The van der Waals surface area contributed by atoms with Crippen LogP contribution in [0.2, 0.25) is 5.02 Å². The van der Waals surface area contributed by atoms with Crippen LogP contribution < -0.4 is 4.74 Å². The van der Waals surface area contributed by atoms with Crippen LogP contribution in [0.25, 0.3) is 0 Å². The van der Waals surface area contributed by atoms with Crippen molar-refractivity contribution in [2.75, 3.05) is 0 Å². The van der Waals surface area contributed by atoms with Gasteiger partial charge in [0.25, 0.3) is 0 Å². The van der Waals surface area contributed by atoms with Gasteiger partial charge in [0.2, 0.25) is 0 Å². The molecule has 0 saturated heterocycles. The molecule has 2 aromatic rings. The van der Waals surface area contributed by atoms with Gasteiger partial charge in [-0.1, -0.05) is 17.7 Å². The SMILES string of the molecule is O=Cc1ccc(OCc2c(O)cccc2Cl)cc1. The fourth-order valence-electron chi connectivity index (χ4n) is 1.49. The van der Waals surface area contributed by atoms with Gasteiger partial charge in [-0.15, -0.1) is 0 Å². The minimum Gasteiger partial charge on any atom is -0.507 e. The van der Waals surface area contributed by atoms with Gasteiger partial charge >= 0.3 is 0 Å². The van der Waals surface area contributed by atoms with E-state index >= 15 is 0 Å². The summed E-state index contributed by atoms with van der Waals surface area (Å²) in [4.78, 5) is 10.5. The topological polar surface area (TPSA) is 46.5 Å². The number of rotatable bonds is 4. The molecule has 0 bridgehead atoms. The first-order valence-corrected chi connectivity index (χ1v) is 5.73. The van der Waals surface area contributed by atoms with Crippen LogP contribution in [0, 0.1) is 0 Å². The molecule has 0 atom stereocenters. The summed E-state index contributed by atoms with van der Waals surface area (Å²) in [5, 5.41) is 10.1. The molecule has 0 radical (unpaired) electrons. The molecule has 2 aromatic carbocycles. The highest BCUT2D eigenvalue weighted by atomic mass is 35.5. The summed E-state index contributed by atoms with van der Waals surface area (Å²) in [7, 11) is 0. The number of aldehydes is 1. The second-order valence-electron chi connectivity index (χ2n) is 3.71. The Labute approximate surface area is 110 Å². The molecule has 0 saturated carbocycles. The van der Waals surface area contributed by atoms with Crippen molar-refractivity contribution in [1.29, 1.82) is 0 Å². The van der Waals surface area contributed by atoms with Gasteiger partial charge in [0.05, 0.1) is 5.02 Å². The Balaban J connectivity index is 2.09. The van der Waals surface area contributed by atoms with Gasteiger partial charge in [-0.3, -0.25) is 4.79 Å². The summed E-state index contributed by atoms with van der Waals surface area (Å²) in [6.45, 7) is 0.173. The number of carbonyl (C=O) groups excluding carboxylic acids is 1. The average molecular weight is 263 g/mol. The summed E-state index contributed by atoms with van der Waals surface area (Å²) in [6.07, 6.45) is 0.768. The van der Waals surface area contributed by atoms with Crippen LogP contribution in [0.4, 0.5) is 0 Å². The van der Waals surface area contributed by atoms with E-state index in [9.17, 15) is 9.90 Å². The predicted octanol–water partition coefficient (Wildman–Crippen LogP) is 3.44. The molecule has 0 aliphatic rings. The second kappa shape index (κ2) is 5.56. The zero-order valence-corrected chi connectivity index (χ0v) is 10.2. The average Bonchev–Trinajstić information content (AvgIpc) is 2.39. The van der Waals surface area contributed by atoms with E-state index in [-0.39, 0.29) is 12.4 Å². The molecule has 0 spiro atoms. The molecule has 1 N–H and O–H groups in total. The normalized spacial score (nSPS) is 10.1. The highest BCUT2D eigenvalue weighted by Crippen LogP contribution is 2.26. The maximum Gasteiger partial charge on any atom is 0.150 e. The van der Waals surface area contributed by atoms with Gasteiger partial charge in [0.15, 0.2) is 0 Å². The lowest BCUT2D eigenvalue weighted by Crippen LogP contribution is -1.97. The maximum atomic E-state index is 10.5. The van der Waals surface area contributed by atoms with Crippen LogP contribution in [-0.2, 0) is 6.61 Å². The van der Waals surface area contributed by atoms with E-state index in [0.717, 1.165) is 6.29 Å². The minimum atomic E-state index is 0.104. The van der Waals surface area contributed by atoms with Crippen molar-refractivity contribution in [3.63, 3.8) is 0 Å².